The zero-order valence-electron chi connectivity index (χ0n) is 14.8. The number of halogens is 2. The van der Waals surface area contributed by atoms with E-state index < -0.39 is 15.8 Å². The lowest BCUT2D eigenvalue weighted by atomic mass is 10.0. The summed E-state index contributed by atoms with van der Waals surface area (Å²) in [5.41, 5.74) is 0.228. The second-order valence-corrected chi connectivity index (χ2v) is 9.32. The predicted molar refractivity (Wildman–Crippen MR) is 98.0 cm³/mol. The summed E-state index contributed by atoms with van der Waals surface area (Å²) in [5.74, 6) is -0.182. The SMILES string of the molecule is Cc1cc(S(=O)(=O)NC2CCN(C(=O)C3CCCC3)CC2)c(Cl)cc1F. The summed E-state index contributed by atoms with van der Waals surface area (Å²) < 4.78 is 41.4. The molecule has 0 aromatic heterocycles. The molecule has 5 nitrogen and oxygen atoms in total. The van der Waals surface area contributed by atoms with Crippen LogP contribution in [0.5, 0.6) is 0 Å². The van der Waals surface area contributed by atoms with Crippen molar-refractivity contribution in [3.05, 3.63) is 28.5 Å². The largest absolute Gasteiger partial charge is 0.342 e. The van der Waals surface area contributed by atoms with E-state index in [2.05, 4.69) is 4.72 Å². The van der Waals surface area contributed by atoms with Crippen LogP contribution in [0.15, 0.2) is 17.0 Å². The summed E-state index contributed by atoms with van der Waals surface area (Å²) in [5, 5.41) is -0.130. The predicted octanol–water partition coefficient (Wildman–Crippen LogP) is 3.25. The number of rotatable bonds is 4. The van der Waals surface area contributed by atoms with Crippen molar-refractivity contribution < 1.29 is 17.6 Å². The highest BCUT2D eigenvalue weighted by molar-refractivity contribution is 7.89. The van der Waals surface area contributed by atoms with Crippen molar-refractivity contribution in [2.24, 2.45) is 5.92 Å². The van der Waals surface area contributed by atoms with Gasteiger partial charge < -0.3 is 4.90 Å². The lowest BCUT2D eigenvalue weighted by Gasteiger charge is -2.33. The lowest BCUT2D eigenvalue weighted by Crippen LogP contribution is -2.47. The second-order valence-electron chi connectivity index (χ2n) is 7.23. The van der Waals surface area contributed by atoms with Gasteiger partial charge in [-0.2, -0.15) is 0 Å². The van der Waals surface area contributed by atoms with E-state index in [1.54, 1.807) is 0 Å². The van der Waals surface area contributed by atoms with E-state index in [9.17, 15) is 17.6 Å². The summed E-state index contributed by atoms with van der Waals surface area (Å²) in [6.45, 7) is 2.61. The van der Waals surface area contributed by atoms with Gasteiger partial charge >= 0.3 is 0 Å². The number of nitrogens with zero attached hydrogens (tertiary/aromatic N) is 1. The Hall–Kier alpha value is -1.18. The summed E-state index contributed by atoms with van der Waals surface area (Å²) >= 11 is 5.93. The molecule has 8 heteroatoms. The van der Waals surface area contributed by atoms with Crippen LogP contribution in [0, 0.1) is 18.7 Å². The molecule has 26 heavy (non-hydrogen) atoms. The molecule has 0 atom stereocenters. The zero-order chi connectivity index (χ0) is 18.9. The zero-order valence-corrected chi connectivity index (χ0v) is 16.4. The topological polar surface area (TPSA) is 66.5 Å². The number of hydrogen-bond donors (Lipinski definition) is 1. The number of hydrogen-bond acceptors (Lipinski definition) is 3. The molecular weight excluding hydrogens is 379 g/mol. The molecule has 1 amide bonds. The summed E-state index contributed by atoms with van der Waals surface area (Å²) in [4.78, 5) is 14.2. The molecule has 1 saturated heterocycles. The standard InChI is InChI=1S/C18H24ClFN2O3S/c1-12-10-17(15(19)11-16(12)20)26(24,25)21-14-6-8-22(9-7-14)18(23)13-4-2-3-5-13/h10-11,13-14,21H,2-9H2,1H3. The van der Waals surface area contributed by atoms with Crippen LogP contribution >= 0.6 is 11.6 Å². The number of likely N-dealkylation sites (tertiary alicyclic amines) is 1. The highest BCUT2D eigenvalue weighted by Crippen LogP contribution is 2.28. The lowest BCUT2D eigenvalue weighted by molar-refractivity contribution is -0.136. The first-order chi connectivity index (χ1) is 12.3. The van der Waals surface area contributed by atoms with Gasteiger partial charge in [-0.15, -0.1) is 0 Å². The molecular formula is C18H24ClFN2O3S. The Labute approximate surface area is 158 Å². The minimum atomic E-state index is -3.84. The molecule has 0 bridgehead atoms. The number of carbonyl (C=O) groups is 1. The van der Waals surface area contributed by atoms with Crippen LogP contribution in [-0.4, -0.2) is 38.4 Å². The number of benzene rings is 1. The Morgan fingerprint density at radius 2 is 1.81 bits per heavy atom. The molecule has 144 valence electrons. The van der Waals surface area contributed by atoms with Crippen molar-refractivity contribution in [2.75, 3.05) is 13.1 Å². The Kier molecular flexibility index (Phi) is 5.89. The molecule has 2 fully saturated rings. The van der Waals surface area contributed by atoms with E-state index in [0.717, 1.165) is 31.7 Å². The number of piperidine rings is 1. The third kappa shape index (κ3) is 4.21. The monoisotopic (exact) mass is 402 g/mol. The van der Waals surface area contributed by atoms with Crippen molar-refractivity contribution in [3.63, 3.8) is 0 Å². The second kappa shape index (κ2) is 7.82. The number of sulfonamides is 1. The highest BCUT2D eigenvalue weighted by Gasteiger charge is 2.32. The fourth-order valence-electron chi connectivity index (χ4n) is 3.77. The van der Waals surface area contributed by atoms with Crippen molar-refractivity contribution in [3.8, 4) is 0 Å². The number of aryl methyl sites for hydroxylation is 1. The fraction of sp³-hybridized carbons (Fsp3) is 0.611. The van der Waals surface area contributed by atoms with Crippen molar-refractivity contribution in [1.82, 2.24) is 9.62 Å². The number of amides is 1. The van der Waals surface area contributed by atoms with E-state index in [4.69, 9.17) is 11.6 Å². The quantitative estimate of drug-likeness (QED) is 0.840. The van der Waals surface area contributed by atoms with E-state index >= 15 is 0 Å². The normalized spacial score (nSPS) is 19.9. The average Bonchev–Trinajstić information content (AvgIpc) is 3.12. The smallest absolute Gasteiger partial charge is 0.242 e. The molecule has 1 aromatic carbocycles. The first-order valence-electron chi connectivity index (χ1n) is 9.04. The maximum absolute atomic E-state index is 13.5. The summed E-state index contributed by atoms with van der Waals surface area (Å²) in [7, 11) is -3.84. The van der Waals surface area contributed by atoms with Gasteiger partial charge in [0.1, 0.15) is 10.7 Å². The van der Waals surface area contributed by atoms with Gasteiger partial charge in [-0.05, 0) is 50.3 Å². The van der Waals surface area contributed by atoms with Crippen molar-refractivity contribution in [1.29, 1.82) is 0 Å². The molecule has 0 unspecified atom stereocenters. The fourth-order valence-corrected chi connectivity index (χ4v) is 5.67. The van der Waals surface area contributed by atoms with Crippen LogP contribution in [0.25, 0.3) is 0 Å². The Morgan fingerprint density at radius 1 is 1.19 bits per heavy atom. The first-order valence-corrected chi connectivity index (χ1v) is 10.9. The number of nitrogens with one attached hydrogen (secondary N) is 1. The summed E-state index contributed by atoms with van der Waals surface area (Å²) in [6, 6.07) is 2.02. The van der Waals surface area contributed by atoms with Gasteiger partial charge in [0, 0.05) is 25.0 Å². The Balaban J connectivity index is 1.62. The van der Waals surface area contributed by atoms with Crippen molar-refractivity contribution >= 4 is 27.5 Å². The molecule has 3 rings (SSSR count). The van der Waals surface area contributed by atoms with Crippen LogP contribution in [0.1, 0.15) is 44.1 Å². The van der Waals surface area contributed by atoms with Gasteiger partial charge in [-0.1, -0.05) is 24.4 Å². The average molecular weight is 403 g/mol. The molecule has 2 aliphatic rings. The third-order valence-electron chi connectivity index (χ3n) is 5.34. The molecule has 1 aliphatic carbocycles. The minimum absolute atomic E-state index is 0.109. The van der Waals surface area contributed by atoms with Gasteiger partial charge in [0.2, 0.25) is 15.9 Å². The van der Waals surface area contributed by atoms with Crippen LogP contribution < -0.4 is 4.72 Å². The third-order valence-corrected chi connectivity index (χ3v) is 7.32. The molecule has 1 heterocycles. The van der Waals surface area contributed by atoms with Crippen LogP contribution in [-0.2, 0) is 14.8 Å². The summed E-state index contributed by atoms with van der Waals surface area (Å²) in [6.07, 6.45) is 5.29. The van der Waals surface area contributed by atoms with Crippen molar-refractivity contribution in [2.45, 2.75) is 56.4 Å². The Morgan fingerprint density at radius 3 is 2.42 bits per heavy atom. The van der Waals surface area contributed by atoms with Gasteiger partial charge in [0.25, 0.3) is 0 Å². The maximum Gasteiger partial charge on any atom is 0.242 e. The first kappa shape index (κ1) is 19.6. The van der Waals surface area contributed by atoms with Crippen LogP contribution in [0.3, 0.4) is 0 Å². The maximum atomic E-state index is 13.5. The Bertz CT molecular complexity index is 786. The van der Waals surface area contributed by atoms with E-state index in [-0.39, 0.29) is 33.3 Å². The molecule has 1 saturated carbocycles. The van der Waals surface area contributed by atoms with Crippen LogP contribution in [0.4, 0.5) is 4.39 Å². The van der Waals surface area contributed by atoms with E-state index in [0.29, 0.717) is 25.9 Å². The van der Waals surface area contributed by atoms with E-state index in [1.807, 2.05) is 4.90 Å². The molecule has 1 aromatic rings. The van der Waals surface area contributed by atoms with Gasteiger partial charge in [0.15, 0.2) is 0 Å². The minimum Gasteiger partial charge on any atom is -0.342 e. The van der Waals surface area contributed by atoms with Gasteiger partial charge in [0.05, 0.1) is 5.02 Å². The van der Waals surface area contributed by atoms with Crippen LogP contribution in [0.2, 0.25) is 5.02 Å². The highest BCUT2D eigenvalue weighted by atomic mass is 35.5. The van der Waals surface area contributed by atoms with Gasteiger partial charge in [-0.3, -0.25) is 4.79 Å². The van der Waals surface area contributed by atoms with E-state index in [1.165, 1.54) is 13.0 Å². The molecule has 0 spiro atoms. The molecule has 1 aliphatic heterocycles. The molecule has 0 radical (unpaired) electrons. The van der Waals surface area contributed by atoms with Gasteiger partial charge in [-0.25, -0.2) is 17.5 Å². The number of carbonyl (C=O) groups excluding carboxylic acids is 1. The molecule has 1 N–H and O–H groups in total.